The van der Waals surface area contributed by atoms with Crippen molar-refractivity contribution in [2.45, 2.75) is 178 Å². The highest BCUT2D eigenvalue weighted by atomic mass is 32.2. The van der Waals surface area contributed by atoms with E-state index in [0.29, 0.717) is 29.1 Å². The molecule has 0 amide bonds. The molecule has 0 aliphatic carbocycles. The first-order valence-electron chi connectivity index (χ1n) is 18.8. The number of benzene rings is 1. The maximum Gasteiger partial charge on any atom is 0.0596 e. The predicted octanol–water partition coefficient (Wildman–Crippen LogP) is 14.6. The second-order valence-corrected chi connectivity index (χ2v) is 19.4. The summed E-state index contributed by atoms with van der Waals surface area (Å²) >= 11 is 2.04. The number of rotatable bonds is 16. The van der Waals surface area contributed by atoms with Crippen LogP contribution in [0.2, 0.25) is 0 Å². The summed E-state index contributed by atoms with van der Waals surface area (Å²) < 4.78 is 5.62. The summed E-state index contributed by atoms with van der Waals surface area (Å²) in [5.41, 5.74) is 1.83. The third-order valence-electron chi connectivity index (χ3n) is 9.32. The van der Waals surface area contributed by atoms with E-state index in [1.807, 2.05) is 11.8 Å². The molecular weight excluding hydrogens is 605 g/mol. The van der Waals surface area contributed by atoms with E-state index < -0.39 is 0 Å². The van der Waals surface area contributed by atoms with E-state index in [2.05, 4.69) is 169 Å². The van der Waals surface area contributed by atoms with E-state index in [0.717, 1.165) is 48.6 Å². The topological polar surface area (TPSA) is 29.5 Å². The van der Waals surface area contributed by atoms with Crippen LogP contribution in [0.4, 0.5) is 0 Å². The molecule has 3 heteroatoms. The molecule has 0 fully saturated rings. The Bertz CT molecular complexity index is 774. The molecule has 1 unspecified atom stereocenters. The van der Waals surface area contributed by atoms with E-state index >= 15 is 0 Å². The van der Waals surface area contributed by atoms with Gasteiger partial charge in [0.2, 0.25) is 0 Å². The van der Waals surface area contributed by atoms with Gasteiger partial charge in [0.05, 0.1) is 12.7 Å². The first-order valence-corrected chi connectivity index (χ1v) is 19.8. The fourth-order valence-corrected chi connectivity index (χ4v) is 5.14. The van der Waals surface area contributed by atoms with E-state index in [1.165, 1.54) is 17.7 Å². The summed E-state index contributed by atoms with van der Waals surface area (Å²) in [7, 11) is 0. The molecular formula is C45H94O2S. The van der Waals surface area contributed by atoms with Gasteiger partial charge in [-0.15, -0.1) is 0 Å². The highest BCUT2D eigenvalue weighted by molar-refractivity contribution is 7.99. The van der Waals surface area contributed by atoms with Crippen LogP contribution in [0, 0.1) is 58.2 Å². The number of hydrogen-bond acceptors (Lipinski definition) is 3. The maximum atomic E-state index is 9.92. The minimum absolute atomic E-state index is 0. The predicted molar refractivity (Wildman–Crippen MR) is 228 cm³/mol. The first kappa shape index (κ1) is 56.9. The van der Waals surface area contributed by atoms with E-state index in [9.17, 15) is 5.11 Å². The summed E-state index contributed by atoms with van der Waals surface area (Å²) in [5.74, 6) is 6.95. The van der Waals surface area contributed by atoms with Crippen LogP contribution in [0.3, 0.4) is 0 Å². The second kappa shape index (κ2) is 30.1. The van der Waals surface area contributed by atoms with E-state index in [4.69, 9.17) is 4.74 Å². The lowest BCUT2D eigenvalue weighted by Crippen LogP contribution is -2.35. The first-order chi connectivity index (χ1) is 20.9. The molecule has 1 aromatic carbocycles. The Hall–Kier alpha value is -0.510. The van der Waals surface area contributed by atoms with Gasteiger partial charge in [-0.25, -0.2) is 0 Å². The van der Waals surface area contributed by atoms with Crippen molar-refractivity contribution in [3.63, 3.8) is 0 Å². The number of ether oxygens (including phenoxy) is 1. The molecule has 292 valence electrons. The van der Waals surface area contributed by atoms with E-state index in [1.54, 1.807) is 0 Å². The van der Waals surface area contributed by atoms with Crippen molar-refractivity contribution in [1.29, 1.82) is 0 Å². The average Bonchev–Trinajstić information content (AvgIpc) is 2.91. The minimum atomic E-state index is -0.169. The zero-order valence-corrected chi connectivity index (χ0v) is 35.8. The summed E-state index contributed by atoms with van der Waals surface area (Å²) in [4.78, 5) is 0. The van der Waals surface area contributed by atoms with Gasteiger partial charge in [-0.2, -0.15) is 11.8 Å². The van der Waals surface area contributed by atoms with Gasteiger partial charge >= 0.3 is 0 Å². The van der Waals surface area contributed by atoms with Crippen LogP contribution in [0.1, 0.15) is 165 Å². The van der Waals surface area contributed by atoms with E-state index in [-0.39, 0.29) is 26.4 Å². The molecule has 0 heterocycles. The summed E-state index contributed by atoms with van der Waals surface area (Å²) in [6, 6.07) is 10.8. The zero-order chi connectivity index (χ0) is 36.8. The Kier molecular flexibility index (Phi) is 35.7. The molecule has 0 spiro atoms. The van der Waals surface area contributed by atoms with Crippen molar-refractivity contribution in [3.05, 3.63) is 35.9 Å². The molecule has 1 atom stereocenters. The van der Waals surface area contributed by atoms with Gasteiger partial charge in [0.1, 0.15) is 0 Å². The van der Waals surface area contributed by atoms with Gasteiger partial charge in [0.15, 0.2) is 0 Å². The molecule has 48 heavy (non-hydrogen) atoms. The third-order valence-corrected chi connectivity index (χ3v) is 10.8. The molecule has 0 saturated carbocycles. The molecule has 0 bridgehead atoms. The van der Waals surface area contributed by atoms with Crippen LogP contribution < -0.4 is 0 Å². The van der Waals surface area contributed by atoms with Crippen LogP contribution >= 0.6 is 11.8 Å². The van der Waals surface area contributed by atoms with Gasteiger partial charge in [-0.1, -0.05) is 184 Å². The highest BCUT2D eigenvalue weighted by Crippen LogP contribution is 2.33. The normalized spacial score (nSPS) is 12.5. The lowest BCUT2D eigenvalue weighted by atomic mass is 9.74. The smallest absolute Gasteiger partial charge is 0.0596 e. The summed E-state index contributed by atoms with van der Waals surface area (Å²) in [6.45, 7) is 46.4. The number of thioether (sulfide) groups is 1. The fourth-order valence-electron chi connectivity index (χ4n) is 4.37. The molecule has 0 aromatic heterocycles. The Balaban J connectivity index is -0.000000172. The van der Waals surface area contributed by atoms with Crippen LogP contribution in [0.25, 0.3) is 0 Å². The molecule has 0 aliphatic rings. The van der Waals surface area contributed by atoms with Crippen LogP contribution in [-0.4, -0.2) is 35.4 Å². The Morgan fingerprint density at radius 3 is 1.40 bits per heavy atom. The highest BCUT2D eigenvalue weighted by Gasteiger charge is 2.31. The zero-order valence-electron chi connectivity index (χ0n) is 35.0. The molecule has 1 rings (SSSR count). The minimum Gasteiger partial charge on any atom is -0.393 e. The Morgan fingerprint density at radius 1 is 0.646 bits per heavy atom. The van der Waals surface area contributed by atoms with Crippen molar-refractivity contribution < 1.29 is 9.84 Å². The SMILES string of the molecule is C.C.CC(C)C(Cc1ccccc1)C(C)C.CC(C)CC(O)C(C)(C)C(C)C.CC(C)COCC(C)(C)C(C)C.CC(C)CSC(C)C. The number of aliphatic hydroxyl groups is 1. The fraction of sp³-hybridized carbons (Fsp3) is 0.867. The quantitative estimate of drug-likeness (QED) is 0.186. The number of aliphatic hydroxyl groups excluding tert-OH is 1. The molecule has 1 N–H and O–H groups in total. The van der Waals surface area contributed by atoms with Gasteiger partial charge in [0.25, 0.3) is 0 Å². The van der Waals surface area contributed by atoms with Crippen LogP contribution in [0.5, 0.6) is 0 Å². The summed E-state index contributed by atoms with van der Waals surface area (Å²) in [6.07, 6.45) is 1.96. The lowest BCUT2D eigenvalue weighted by molar-refractivity contribution is 0.00322. The van der Waals surface area contributed by atoms with Gasteiger partial charge in [-0.05, 0) is 87.6 Å². The molecule has 0 saturated heterocycles. The van der Waals surface area contributed by atoms with Crippen molar-refractivity contribution in [1.82, 2.24) is 0 Å². The Labute approximate surface area is 311 Å². The molecule has 0 aliphatic heterocycles. The van der Waals surface area contributed by atoms with Crippen LogP contribution in [0.15, 0.2) is 30.3 Å². The number of hydrogen-bond donors (Lipinski definition) is 1. The van der Waals surface area contributed by atoms with Gasteiger partial charge in [0, 0.05) is 6.61 Å². The van der Waals surface area contributed by atoms with Crippen molar-refractivity contribution >= 4 is 11.8 Å². The van der Waals surface area contributed by atoms with Crippen molar-refractivity contribution in [3.8, 4) is 0 Å². The summed E-state index contributed by atoms with van der Waals surface area (Å²) in [5, 5.41) is 10.7. The third kappa shape index (κ3) is 31.5. The van der Waals surface area contributed by atoms with Gasteiger partial charge in [-0.3, -0.25) is 0 Å². The molecule has 0 radical (unpaired) electrons. The largest absolute Gasteiger partial charge is 0.393 e. The molecule has 2 nitrogen and oxygen atoms in total. The standard InChI is InChI=1S/C14H22.2C11H24O.C7H16S.2CH4/c1-11(2)14(12(3)4)10-13-8-6-5-7-9-13;1-9(2)7-12-8-11(5,6)10(3)4;1-8(2)7-10(12)11(5,6)9(3)4;1-6(2)5-8-7(3)4;;/h5-9,11-12,14H,10H2,1-4H3;9-10H,7-8H2,1-6H3;8-10,12H,7H2,1-6H3;6-7H,5H2,1-4H3;2*1H4. The second-order valence-electron chi connectivity index (χ2n) is 17.8. The van der Waals surface area contributed by atoms with Crippen molar-refractivity contribution in [2.75, 3.05) is 19.0 Å². The maximum absolute atomic E-state index is 9.92. The van der Waals surface area contributed by atoms with Crippen LogP contribution in [-0.2, 0) is 11.2 Å². The monoisotopic (exact) mass is 699 g/mol. The van der Waals surface area contributed by atoms with Crippen molar-refractivity contribution in [2.24, 2.45) is 58.2 Å². The van der Waals surface area contributed by atoms with Gasteiger partial charge < -0.3 is 9.84 Å². The average molecular weight is 699 g/mol. The lowest BCUT2D eigenvalue weighted by Gasteiger charge is -2.35. The molecule has 1 aromatic rings. The Morgan fingerprint density at radius 2 is 1.10 bits per heavy atom.